The van der Waals surface area contributed by atoms with Crippen molar-refractivity contribution in [2.45, 2.75) is 6.04 Å². The van der Waals surface area contributed by atoms with Crippen molar-refractivity contribution in [3.05, 3.63) is 64.0 Å². The van der Waals surface area contributed by atoms with E-state index in [-0.39, 0.29) is 37.7 Å². The van der Waals surface area contributed by atoms with E-state index in [9.17, 15) is 14.7 Å². The second kappa shape index (κ2) is 8.51. The smallest absolute Gasteiger partial charge is 0.295 e. The summed E-state index contributed by atoms with van der Waals surface area (Å²) in [6, 6.07) is 9.21. The summed E-state index contributed by atoms with van der Waals surface area (Å²) in [6.07, 6.45) is 1.44. The summed E-state index contributed by atoms with van der Waals surface area (Å²) in [5.74, 6) is -1.40. The molecule has 0 bridgehead atoms. The first kappa shape index (κ1) is 19.3. The Bertz CT molecular complexity index is 844. The standard InChI is InChI=1S/C19H18BrNO6/c20-13-5-3-12(4-6-13)17(23)15-16(14-2-1-9-27-14)21(19(25)18(15)24)7-10-26-11-8-22/h1-6,9,16,22-23H,7-8,10-11H2. The predicted octanol–water partition coefficient (Wildman–Crippen LogP) is 2.47. The summed E-state index contributed by atoms with van der Waals surface area (Å²) in [4.78, 5) is 26.5. The number of halogens is 1. The van der Waals surface area contributed by atoms with Gasteiger partial charge < -0.3 is 24.3 Å². The molecule has 1 unspecified atom stereocenters. The van der Waals surface area contributed by atoms with E-state index in [1.54, 1.807) is 36.4 Å². The molecular formula is C19H18BrNO6. The van der Waals surface area contributed by atoms with E-state index < -0.39 is 17.7 Å². The molecule has 1 atom stereocenters. The molecule has 7 nitrogen and oxygen atoms in total. The Morgan fingerprint density at radius 3 is 2.56 bits per heavy atom. The molecule has 1 aromatic heterocycles. The molecule has 2 N–H and O–H groups in total. The van der Waals surface area contributed by atoms with Crippen LogP contribution in [0.5, 0.6) is 0 Å². The van der Waals surface area contributed by atoms with Gasteiger partial charge in [-0.05, 0) is 24.3 Å². The van der Waals surface area contributed by atoms with Gasteiger partial charge in [-0.1, -0.05) is 28.1 Å². The molecule has 2 heterocycles. The average Bonchev–Trinajstić information content (AvgIpc) is 3.27. The molecule has 27 heavy (non-hydrogen) atoms. The van der Waals surface area contributed by atoms with Crippen molar-refractivity contribution in [2.75, 3.05) is 26.4 Å². The number of benzene rings is 1. The van der Waals surface area contributed by atoms with Gasteiger partial charge in [0.05, 0.1) is 31.7 Å². The van der Waals surface area contributed by atoms with Crippen LogP contribution in [0.15, 0.2) is 57.1 Å². The Morgan fingerprint density at radius 2 is 1.93 bits per heavy atom. The number of furan rings is 1. The summed E-state index contributed by atoms with van der Waals surface area (Å²) in [6.45, 7) is 0.258. The van der Waals surface area contributed by atoms with Crippen LogP contribution >= 0.6 is 15.9 Å². The Labute approximate surface area is 164 Å². The summed E-state index contributed by atoms with van der Waals surface area (Å²) in [5, 5.41) is 19.6. The SMILES string of the molecule is O=C1C(=O)N(CCOCCO)C(c2ccco2)C1=C(O)c1ccc(Br)cc1. The second-order valence-electron chi connectivity index (χ2n) is 5.85. The zero-order valence-electron chi connectivity index (χ0n) is 14.3. The minimum atomic E-state index is -0.846. The van der Waals surface area contributed by atoms with Gasteiger partial charge in [0, 0.05) is 16.6 Å². The van der Waals surface area contributed by atoms with Crippen LogP contribution in [0.3, 0.4) is 0 Å². The minimum absolute atomic E-state index is 0.0283. The van der Waals surface area contributed by atoms with Gasteiger partial charge in [0.1, 0.15) is 17.6 Å². The van der Waals surface area contributed by atoms with E-state index in [4.69, 9.17) is 14.3 Å². The molecule has 0 radical (unpaired) electrons. The number of ketones is 1. The van der Waals surface area contributed by atoms with E-state index in [1.807, 2.05) is 0 Å². The van der Waals surface area contributed by atoms with Crippen LogP contribution in [0.1, 0.15) is 17.4 Å². The van der Waals surface area contributed by atoms with Crippen LogP contribution in [-0.2, 0) is 14.3 Å². The highest BCUT2D eigenvalue weighted by Crippen LogP contribution is 2.39. The molecule has 0 aliphatic carbocycles. The number of carbonyl (C=O) groups excluding carboxylic acids is 2. The highest BCUT2D eigenvalue weighted by atomic mass is 79.9. The van der Waals surface area contributed by atoms with Gasteiger partial charge in [0.2, 0.25) is 0 Å². The van der Waals surface area contributed by atoms with Gasteiger partial charge in [-0.2, -0.15) is 0 Å². The van der Waals surface area contributed by atoms with Crippen LogP contribution in [0.2, 0.25) is 0 Å². The molecule has 0 saturated carbocycles. The number of Topliss-reactive ketones (excluding diaryl/α,β-unsaturated/α-hetero) is 1. The third-order valence-electron chi connectivity index (χ3n) is 4.18. The van der Waals surface area contributed by atoms with Gasteiger partial charge in [0.15, 0.2) is 0 Å². The number of aliphatic hydroxyl groups is 2. The van der Waals surface area contributed by atoms with Crippen LogP contribution in [0.25, 0.3) is 5.76 Å². The Balaban J connectivity index is 2.00. The summed E-state index contributed by atoms with van der Waals surface area (Å²) >= 11 is 3.32. The van der Waals surface area contributed by atoms with Crippen molar-refractivity contribution in [1.29, 1.82) is 0 Å². The molecule has 1 aliphatic rings. The lowest BCUT2D eigenvalue weighted by Gasteiger charge is -2.23. The average molecular weight is 436 g/mol. The second-order valence-corrected chi connectivity index (χ2v) is 6.77. The number of nitrogens with zero attached hydrogens (tertiary/aromatic N) is 1. The highest BCUT2D eigenvalue weighted by Gasteiger charge is 2.47. The molecule has 1 saturated heterocycles. The molecule has 0 spiro atoms. The normalized spacial score (nSPS) is 19.0. The fraction of sp³-hybridized carbons (Fsp3) is 0.263. The molecule has 1 fully saturated rings. The van der Waals surface area contributed by atoms with E-state index in [1.165, 1.54) is 11.2 Å². The number of rotatable bonds is 7. The Kier molecular flexibility index (Phi) is 6.10. The number of amides is 1. The van der Waals surface area contributed by atoms with E-state index >= 15 is 0 Å². The lowest BCUT2D eigenvalue weighted by atomic mass is 9.99. The zero-order chi connectivity index (χ0) is 19.4. The maximum Gasteiger partial charge on any atom is 0.295 e. The number of hydrogen-bond acceptors (Lipinski definition) is 6. The summed E-state index contributed by atoms with van der Waals surface area (Å²) in [5.41, 5.74) is 0.392. The molecule has 1 amide bonds. The molecule has 2 aromatic rings. The Hall–Kier alpha value is -2.42. The van der Waals surface area contributed by atoms with Crippen LogP contribution < -0.4 is 0 Å². The lowest BCUT2D eigenvalue weighted by Crippen LogP contribution is -2.33. The third kappa shape index (κ3) is 3.97. The lowest BCUT2D eigenvalue weighted by molar-refractivity contribution is -0.140. The van der Waals surface area contributed by atoms with E-state index in [0.717, 1.165) is 4.47 Å². The topological polar surface area (TPSA) is 100 Å². The quantitative estimate of drug-likeness (QED) is 0.300. The molecule has 1 aliphatic heterocycles. The fourth-order valence-corrected chi connectivity index (χ4v) is 3.21. The molecule has 1 aromatic carbocycles. The first-order valence-electron chi connectivity index (χ1n) is 8.31. The van der Waals surface area contributed by atoms with Crippen molar-refractivity contribution >= 4 is 33.4 Å². The van der Waals surface area contributed by atoms with Gasteiger partial charge >= 0.3 is 0 Å². The number of carbonyl (C=O) groups is 2. The van der Waals surface area contributed by atoms with Crippen molar-refractivity contribution < 1.29 is 29.0 Å². The maximum atomic E-state index is 12.7. The minimum Gasteiger partial charge on any atom is -0.507 e. The van der Waals surface area contributed by atoms with Crippen molar-refractivity contribution in [3.63, 3.8) is 0 Å². The third-order valence-corrected chi connectivity index (χ3v) is 4.71. The molecule has 3 rings (SSSR count). The number of aliphatic hydroxyl groups excluding tert-OH is 2. The predicted molar refractivity (Wildman–Crippen MR) is 99.8 cm³/mol. The first-order chi connectivity index (χ1) is 13.0. The number of ether oxygens (including phenoxy) is 1. The fourth-order valence-electron chi connectivity index (χ4n) is 2.95. The van der Waals surface area contributed by atoms with Crippen molar-refractivity contribution in [1.82, 2.24) is 4.90 Å². The Morgan fingerprint density at radius 1 is 1.19 bits per heavy atom. The largest absolute Gasteiger partial charge is 0.507 e. The van der Waals surface area contributed by atoms with Crippen molar-refractivity contribution in [2.24, 2.45) is 0 Å². The monoisotopic (exact) mass is 435 g/mol. The van der Waals surface area contributed by atoms with Crippen LogP contribution in [0, 0.1) is 0 Å². The molecular weight excluding hydrogens is 418 g/mol. The zero-order valence-corrected chi connectivity index (χ0v) is 15.9. The van der Waals surface area contributed by atoms with Gasteiger partial charge in [-0.3, -0.25) is 9.59 Å². The van der Waals surface area contributed by atoms with Gasteiger partial charge in [-0.15, -0.1) is 0 Å². The van der Waals surface area contributed by atoms with Gasteiger partial charge in [-0.25, -0.2) is 0 Å². The number of likely N-dealkylation sites (tertiary alicyclic amines) is 1. The van der Waals surface area contributed by atoms with Crippen LogP contribution in [-0.4, -0.2) is 53.2 Å². The maximum absolute atomic E-state index is 12.7. The van der Waals surface area contributed by atoms with Gasteiger partial charge in [0.25, 0.3) is 11.7 Å². The summed E-state index contributed by atoms with van der Waals surface area (Å²) in [7, 11) is 0. The van der Waals surface area contributed by atoms with Crippen molar-refractivity contribution in [3.8, 4) is 0 Å². The summed E-state index contributed by atoms with van der Waals surface area (Å²) < 4.78 is 11.5. The highest BCUT2D eigenvalue weighted by molar-refractivity contribution is 9.10. The number of hydrogen-bond donors (Lipinski definition) is 2. The van der Waals surface area contributed by atoms with Crippen LogP contribution in [0.4, 0.5) is 0 Å². The van der Waals surface area contributed by atoms with E-state index in [0.29, 0.717) is 11.3 Å². The molecule has 142 valence electrons. The first-order valence-corrected chi connectivity index (χ1v) is 9.10. The molecule has 8 heteroatoms. The van der Waals surface area contributed by atoms with E-state index in [2.05, 4.69) is 15.9 Å².